The number of carbonyl (C=O) groups excluding carboxylic acids is 1. The van der Waals surface area contributed by atoms with E-state index in [2.05, 4.69) is 34.6 Å². The van der Waals surface area contributed by atoms with Crippen LogP contribution in [0.5, 0.6) is 0 Å². The van der Waals surface area contributed by atoms with E-state index in [4.69, 9.17) is 24.7 Å². The Morgan fingerprint density at radius 3 is 2.29 bits per heavy atom. The highest BCUT2D eigenvalue weighted by molar-refractivity contribution is 5.66. The first kappa shape index (κ1) is 36.5. The maximum atomic E-state index is 13.2. The van der Waals surface area contributed by atoms with Gasteiger partial charge in [0.25, 0.3) is 0 Å². The van der Waals surface area contributed by atoms with Crippen molar-refractivity contribution in [1.82, 2.24) is 0 Å². The Bertz CT molecular complexity index is 1320. The lowest BCUT2D eigenvalue weighted by Crippen LogP contribution is -2.66. The van der Waals surface area contributed by atoms with Crippen molar-refractivity contribution in [3.63, 3.8) is 0 Å². The molecule has 2 saturated heterocycles. The third-order valence-electron chi connectivity index (χ3n) is 16.5. The molecule has 0 radical (unpaired) electrons. The minimum atomic E-state index is -1.33. The summed E-state index contributed by atoms with van der Waals surface area (Å²) >= 11 is 0. The summed E-state index contributed by atoms with van der Waals surface area (Å²) in [4.78, 5) is 12.2. The molecule has 7 aliphatic rings. The predicted octanol–water partition coefficient (Wildman–Crippen LogP) is 2.66. The molecule has 11 heteroatoms. The topological polar surface area (TPSA) is 181 Å². The van der Waals surface area contributed by atoms with Gasteiger partial charge in [0.15, 0.2) is 12.4 Å². The molecule has 7 rings (SSSR count). The van der Waals surface area contributed by atoms with E-state index in [1.54, 1.807) is 13.8 Å². The Labute approximate surface area is 291 Å². The summed E-state index contributed by atoms with van der Waals surface area (Å²) in [5, 5.41) is 55.2. The van der Waals surface area contributed by atoms with Gasteiger partial charge in [0.05, 0.1) is 30.5 Å². The van der Waals surface area contributed by atoms with Gasteiger partial charge in [-0.25, -0.2) is 0 Å². The maximum absolute atomic E-state index is 13.2. The number of nitrogens with two attached hydrogens (primary N) is 1. The normalized spacial score (nSPS) is 55.2. The number of carbonyl (C=O) groups is 1. The van der Waals surface area contributed by atoms with Crippen LogP contribution < -0.4 is 5.73 Å². The third kappa shape index (κ3) is 4.62. The van der Waals surface area contributed by atoms with Crippen LogP contribution >= 0.6 is 0 Å². The van der Waals surface area contributed by atoms with Crippen molar-refractivity contribution >= 4 is 5.97 Å². The molecule has 11 nitrogen and oxygen atoms in total. The van der Waals surface area contributed by atoms with Crippen LogP contribution in [0.1, 0.15) is 107 Å². The first-order chi connectivity index (χ1) is 22.7. The molecule has 2 spiro atoms. The highest BCUT2D eigenvalue weighted by atomic mass is 16.7. The molecular formula is C38H63NO10. The van der Waals surface area contributed by atoms with Gasteiger partial charge in [-0.15, -0.1) is 0 Å². The van der Waals surface area contributed by atoms with Gasteiger partial charge < -0.3 is 50.2 Å². The zero-order chi connectivity index (χ0) is 35.9. The van der Waals surface area contributed by atoms with Crippen LogP contribution in [0.25, 0.3) is 0 Å². The second kappa shape index (κ2) is 11.3. The minimum Gasteiger partial charge on any atom is -0.457 e. The number of rotatable bonds is 6. The van der Waals surface area contributed by atoms with Gasteiger partial charge in [-0.05, 0) is 111 Å². The highest BCUT2D eigenvalue weighted by Crippen LogP contribution is 2.90. The van der Waals surface area contributed by atoms with Crippen molar-refractivity contribution in [2.24, 2.45) is 56.5 Å². The van der Waals surface area contributed by atoms with E-state index in [9.17, 15) is 30.3 Å². The van der Waals surface area contributed by atoms with Crippen LogP contribution in [0.4, 0.5) is 0 Å². The number of hydrogen-bond acceptors (Lipinski definition) is 11. The summed E-state index contributed by atoms with van der Waals surface area (Å²) in [6.07, 6.45) is 0.610. The average Bonchev–Trinajstić information content (AvgIpc) is 3.65. The molecule has 4 unspecified atom stereocenters. The summed E-state index contributed by atoms with van der Waals surface area (Å²) in [6.45, 7) is 16.1. The minimum absolute atomic E-state index is 0.0585. The molecule has 2 heterocycles. The summed E-state index contributed by atoms with van der Waals surface area (Å²) in [5.74, 6) is 0.359. The molecule has 0 aromatic rings. The quantitative estimate of drug-likeness (QED) is 0.178. The molecule has 5 saturated carbocycles. The number of hydrogen-bond donors (Lipinski definition) is 6. The Morgan fingerprint density at radius 1 is 1.00 bits per heavy atom. The SMILES string of the molecule is CC(=O)O[C@@H]([C@H]1CC(C)C2C(O1)[C@@](O)(CN)[C@@]1(C)[C@@H]3CC[C@H]4C(C)(C)[C@@H](OC5OC[C@@H](O)[C@H](O)[C@H]5O)CC[C@@]45C[C@@]35CC[C@]21C)C(C)(C)O. The molecule has 280 valence electrons. The largest absolute Gasteiger partial charge is 0.457 e. The average molecular weight is 694 g/mol. The predicted molar refractivity (Wildman–Crippen MR) is 179 cm³/mol. The molecule has 0 amide bonds. The van der Waals surface area contributed by atoms with Crippen LogP contribution in [-0.2, 0) is 23.7 Å². The number of ether oxygens (including phenoxy) is 4. The van der Waals surface area contributed by atoms with Gasteiger partial charge in [-0.1, -0.05) is 34.6 Å². The van der Waals surface area contributed by atoms with Gasteiger partial charge in [0.1, 0.15) is 23.9 Å². The fraction of sp³-hybridized carbons (Fsp3) is 0.974. The lowest BCUT2D eigenvalue weighted by atomic mass is 9.40. The Kier molecular flexibility index (Phi) is 8.42. The van der Waals surface area contributed by atoms with E-state index in [1.807, 2.05) is 0 Å². The van der Waals surface area contributed by atoms with Crippen molar-refractivity contribution < 1.29 is 49.3 Å². The first-order valence-electron chi connectivity index (χ1n) is 18.9. The molecule has 0 aromatic carbocycles. The van der Waals surface area contributed by atoms with Gasteiger partial charge in [0, 0.05) is 18.9 Å². The van der Waals surface area contributed by atoms with E-state index in [-0.39, 0.29) is 58.7 Å². The molecule has 5 aliphatic carbocycles. The zero-order valence-corrected chi connectivity index (χ0v) is 30.9. The van der Waals surface area contributed by atoms with E-state index in [1.165, 1.54) is 6.92 Å². The van der Waals surface area contributed by atoms with Crippen LogP contribution in [0.2, 0.25) is 0 Å². The van der Waals surface area contributed by atoms with E-state index in [0.29, 0.717) is 12.3 Å². The van der Waals surface area contributed by atoms with Crippen LogP contribution in [0.15, 0.2) is 0 Å². The number of fused-ring (bicyclic) bond motifs is 4. The smallest absolute Gasteiger partial charge is 0.303 e. The zero-order valence-electron chi connectivity index (χ0n) is 30.9. The highest BCUT2D eigenvalue weighted by Gasteiger charge is 2.87. The van der Waals surface area contributed by atoms with Crippen LogP contribution in [0.3, 0.4) is 0 Å². The fourth-order valence-electron chi connectivity index (χ4n) is 14.2. The van der Waals surface area contributed by atoms with E-state index < -0.39 is 65.5 Å². The van der Waals surface area contributed by atoms with Gasteiger partial charge in [-0.2, -0.15) is 0 Å². The molecule has 0 aromatic heterocycles. The molecule has 49 heavy (non-hydrogen) atoms. The van der Waals surface area contributed by atoms with Crippen molar-refractivity contribution in [2.45, 2.75) is 167 Å². The third-order valence-corrected chi connectivity index (χ3v) is 16.5. The second-order valence-electron chi connectivity index (χ2n) is 19.2. The fourth-order valence-corrected chi connectivity index (χ4v) is 14.2. The van der Waals surface area contributed by atoms with Crippen molar-refractivity contribution in [1.29, 1.82) is 0 Å². The van der Waals surface area contributed by atoms with Crippen LogP contribution in [-0.4, -0.2) is 105 Å². The van der Waals surface area contributed by atoms with Crippen molar-refractivity contribution in [3.8, 4) is 0 Å². The molecular weight excluding hydrogens is 630 g/mol. The van der Waals surface area contributed by atoms with Gasteiger partial charge >= 0.3 is 5.97 Å². The summed E-state index contributed by atoms with van der Waals surface area (Å²) in [6, 6.07) is 0. The Balaban J connectivity index is 1.19. The van der Waals surface area contributed by atoms with Crippen LogP contribution in [0, 0.1) is 50.7 Å². The standard InChI is InChI=1S/C38H63NO10/c1-19-15-22(29(33(5,6)44)47-20(2)40)48-30-26(19)34(7)13-14-37-17-36(37)12-11-25(49-31-28(43)27(42)21(41)16-46-31)32(3,4)23(36)9-10-24(37)35(34,8)38(30,45)18-39/h19,21-31,41-45H,9-18,39H2,1-8H3/t19?,21-,22-,23+,24+,25+,26?,27+,28-,29+,30?,31?,34-,35+,36-,37+,38+/m1/s1. The summed E-state index contributed by atoms with van der Waals surface area (Å²) in [5.41, 5.74) is 3.26. The lowest BCUT2D eigenvalue weighted by Gasteiger charge is -2.65. The first-order valence-corrected chi connectivity index (χ1v) is 18.9. The van der Waals surface area contributed by atoms with Gasteiger partial charge in [-0.3, -0.25) is 4.79 Å². The van der Waals surface area contributed by atoms with Crippen molar-refractivity contribution in [2.75, 3.05) is 13.2 Å². The molecule has 17 atom stereocenters. The molecule has 7 fully saturated rings. The number of aliphatic hydroxyl groups is 5. The van der Waals surface area contributed by atoms with E-state index in [0.717, 1.165) is 44.9 Å². The van der Waals surface area contributed by atoms with Gasteiger partial charge in [0.2, 0.25) is 0 Å². The number of aliphatic hydroxyl groups excluding tert-OH is 3. The maximum Gasteiger partial charge on any atom is 0.303 e. The van der Waals surface area contributed by atoms with E-state index >= 15 is 0 Å². The summed E-state index contributed by atoms with van der Waals surface area (Å²) < 4.78 is 24.8. The Morgan fingerprint density at radius 2 is 1.65 bits per heavy atom. The molecule has 0 bridgehead atoms. The second-order valence-corrected chi connectivity index (χ2v) is 19.2. The number of esters is 1. The monoisotopic (exact) mass is 693 g/mol. The summed E-state index contributed by atoms with van der Waals surface area (Å²) in [7, 11) is 0. The Hall–Kier alpha value is -0.890. The molecule has 2 aliphatic heterocycles. The molecule has 7 N–H and O–H groups in total. The lowest BCUT2D eigenvalue weighted by molar-refractivity contribution is -0.303. The van der Waals surface area contributed by atoms with Crippen molar-refractivity contribution in [3.05, 3.63) is 0 Å².